The maximum absolute atomic E-state index is 13.6. The van der Waals surface area contributed by atoms with Crippen molar-refractivity contribution in [2.75, 3.05) is 19.8 Å². The van der Waals surface area contributed by atoms with E-state index in [1.807, 2.05) is 36.6 Å². The first-order valence-corrected chi connectivity index (χ1v) is 13.2. The number of hydrogen-bond acceptors (Lipinski definition) is 4. The first-order chi connectivity index (χ1) is 16.0. The Balaban J connectivity index is 1.89. The first-order valence-electron chi connectivity index (χ1n) is 12.3. The molecule has 1 aromatic carbocycles. The van der Waals surface area contributed by atoms with Gasteiger partial charge >= 0.3 is 0 Å². The van der Waals surface area contributed by atoms with Crippen molar-refractivity contribution in [2.45, 2.75) is 77.3 Å². The van der Waals surface area contributed by atoms with Gasteiger partial charge in [0.05, 0.1) is 6.42 Å². The summed E-state index contributed by atoms with van der Waals surface area (Å²) in [6.07, 6.45) is 5.32. The van der Waals surface area contributed by atoms with Crippen molar-refractivity contribution in [1.82, 2.24) is 10.2 Å². The van der Waals surface area contributed by atoms with E-state index in [2.05, 4.69) is 31.3 Å². The second kappa shape index (κ2) is 12.9. The molecule has 1 N–H and O–H groups in total. The minimum absolute atomic E-state index is 0.0199. The molecule has 5 nitrogen and oxygen atoms in total. The zero-order valence-corrected chi connectivity index (χ0v) is 21.0. The monoisotopic (exact) mass is 470 g/mol. The third-order valence-electron chi connectivity index (χ3n) is 6.30. The summed E-state index contributed by atoms with van der Waals surface area (Å²) < 4.78 is 5.53. The van der Waals surface area contributed by atoms with Crippen molar-refractivity contribution in [2.24, 2.45) is 0 Å². The molecular formula is C27H38N2O3S. The van der Waals surface area contributed by atoms with Crippen LogP contribution in [0.3, 0.4) is 0 Å². The summed E-state index contributed by atoms with van der Waals surface area (Å²) >= 11 is 1.58. The number of thiophene rings is 1. The summed E-state index contributed by atoms with van der Waals surface area (Å²) in [5.74, 6) is 0.316. The molecule has 2 aromatic rings. The molecule has 0 radical (unpaired) electrons. The number of nitrogens with one attached hydrogen (secondary N) is 1. The number of nitrogens with zero attached hydrogens (tertiary/aromatic N) is 1. The lowest BCUT2D eigenvalue weighted by Crippen LogP contribution is -2.47. The van der Waals surface area contributed by atoms with Gasteiger partial charge in [-0.05, 0) is 54.7 Å². The number of rotatable bonds is 12. The second-order valence-electron chi connectivity index (χ2n) is 9.11. The predicted molar refractivity (Wildman–Crippen MR) is 135 cm³/mol. The highest BCUT2D eigenvalue weighted by Gasteiger charge is 2.33. The van der Waals surface area contributed by atoms with Crippen LogP contribution in [0.2, 0.25) is 0 Å². The smallest absolute Gasteiger partial charge is 0.247 e. The lowest BCUT2D eigenvalue weighted by Gasteiger charge is -2.32. The van der Waals surface area contributed by atoms with Crippen molar-refractivity contribution in [1.29, 1.82) is 0 Å². The highest BCUT2D eigenvalue weighted by atomic mass is 32.1. The lowest BCUT2D eigenvalue weighted by atomic mass is 9.97. The number of carbonyl (C=O) groups excluding carboxylic acids is 2. The minimum atomic E-state index is -0.638. The van der Waals surface area contributed by atoms with Crippen LogP contribution < -0.4 is 5.32 Å². The van der Waals surface area contributed by atoms with Gasteiger partial charge in [0.2, 0.25) is 11.8 Å². The Morgan fingerprint density at radius 2 is 1.82 bits per heavy atom. The number of ether oxygens (including phenoxy) is 1. The van der Waals surface area contributed by atoms with Crippen molar-refractivity contribution in [3.05, 3.63) is 57.8 Å². The Bertz CT molecular complexity index is 858. The van der Waals surface area contributed by atoms with E-state index in [9.17, 15) is 9.59 Å². The van der Waals surface area contributed by atoms with E-state index in [1.54, 1.807) is 16.2 Å². The Morgan fingerprint density at radius 3 is 2.42 bits per heavy atom. The van der Waals surface area contributed by atoms with Crippen LogP contribution in [0.1, 0.15) is 80.8 Å². The molecule has 1 unspecified atom stereocenters. The fourth-order valence-electron chi connectivity index (χ4n) is 4.43. The van der Waals surface area contributed by atoms with Gasteiger partial charge in [-0.15, -0.1) is 11.3 Å². The second-order valence-corrected chi connectivity index (χ2v) is 10.1. The molecule has 33 heavy (non-hydrogen) atoms. The topological polar surface area (TPSA) is 58.6 Å². The lowest BCUT2D eigenvalue weighted by molar-refractivity contribution is -0.141. The van der Waals surface area contributed by atoms with Crippen LogP contribution in [0.5, 0.6) is 0 Å². The molecule has 1 heterocycles. The fourth-order valence-corrected chi connectivity index (χ4v) is 5.13. The zero-order chi connectivity index (χ0) is 23.6. The zero-order valence-electron chi connectivity index (χ0n) is 20.2. The highest BCUT2D eigenvalue weighted by molar-refractivity contribution is 7.10. The van der Waals surface area contributed by atoms with Gasteiger partial charge in [-0.3, -0.25) is 9.59 Å². The quantitative estimate of drug-likeness (QED) is 0.419. The highest BCUT2D eigenvalue weighted by Crippen LogP contribution is 2.27. The van der Waals surface area contributed by atoms with Crippen LogP contribution in [-0.4, -0.2) is 42.5 Å². The molecule has 1 aliphatic carbocycles. The molecule has 0 aliphatic heterocycles. The predicted octanol–water partition coefficient (Wildman–Crippen LogP) is 5.47. The number of benzene rings is 1. The van der Waals surface area contributed by atoms with Crippen LogP contribution >= 0.6 is 11.3 Å². The van der Waals surface area contributed by atoms with E-state index in [1.165, 1.54) is 5.56 Å². The molecule has 0 bridgehead atoms. The number of amides is 2. The third-order valence-corrected chi connectivity index (χ3v) is 7.17. The van der Waals surface area contributed by atoms with Crippen LogP contribution in [0.25, 0.3) is 0 Å². The molecule has 3 rings (SSSR count). The Morgan fingerprint density at radius 1 is 1.12 bits per heavy atom. The van der Waals surface area contributed by atoms with Gasteiger partial charge in [-0.1, -0.05) is 57.0 Å². The van der Waals surface area contributed by atoms with Crippen molar-refractivity contribution in [3.63, 3.8) is 0 Å². The summed E-state index contributed by atoms with van der Waals surface area (Å²) in [6.45, 7) is 7.98. The van der Waals surface area contributed by atoms with E-state index in [0.717, 1.165) is 36.1 Å². The summed E-state index contributed by atoms with van der Waals surface area (Å²) in [5.41, 5.74) is 2.09. The normalized spacial score (nSPS) is 15.0. The van der Waals surface area contributed by atoms with Gasteiger partial charge in [0.1, 0.15) is 6.04 Å². The SMILES string of the molecule is CCOCCCN(C(=O)Cc1cccs1)C(C(=O)NC1CCCC1)c1ccc(C(C)C)cc1. The maximum atomic E-state index is 13.6. The van der Waals surface area contributed by atoms with E-state index in [4.69, 9.17) is 4.74 Å². The summed E-state index contributed by atoms with van der Waals surface area (Å²) in [6, 6.07) is 11.7. The van der Waals surface area contributed by atoms with Crippen LogP contribution in [-0.2, 0) is 20.7 Å². The Labute approximate surface area is 202 Å². The molecular weight excluding hydrogens is 432 g/mol. The standard InChI is InChI=1S/C27H38N2O3S/c1-4-32-17-8-16-29(25(30)19-24-11-7-18-33-24)26(27(31)28-23-9-5-6-10-23)22-14-12-21(13-15-22)20(2)3/h7,11-15,18,20,23,26H,4-6,8-10,16-17,19H2,1-3H3,(H,28,31). The van der Waals surface area contributed by atoms with Gasteiger partial charge in [-0.2, -0.15) is 0 Å². The van der Waals surface area contributed by atoms with E-state index in [0.29, 0.717) is 38.5 Å². The molecule has 180 valence electrons. The van der Waals surface area contributed by atoms with E-state index >= 15 is 0 Å². The van der Waals surface area contributed by atoms with Gasteiger partial charge in [-0.25, -0.2) is 0 Å². The summed E-state index contributed by atoms with van der Waals surface area (Å²) in [7, 11) is 0. The number of carbonyl (C=O) groups is 2. The average Bonchev–Trinajstić information content (AvgIpc) is 3.50. The van der Waals surface area contributed by atoms with Crippen molar-refractivity contribution < 1.29 is 14.3 Å². The molecule has 1 fully saturated rings. The maximum Gasteiger partial charge on any atom is 0.247 e. The van der Waals surface area contributed by atoms with Crippen molar-refractivity contribution in [3.8, 4) is 0 Å². The molecule has 0 spiro atoms. The van der Waals surface area contributed by atoms with Gasteiger partial charge < -0.3 is 15.0 Å². The molecule has 6 heteroatoms. The summed E-state index contributed by atoms with van der Waals surface area (Å²) in [5, 5.41) is 5.23. The van der Waals surface area contributed by atoms with E-state index < -0.39 is 6.04 Å². The van der Waals surface area contributed by atoms with Gasteiger partial charge in [0, 0.05) is 30.7 Å². The molecule has 1 aliphatic rings. The molecule has 0 saturated heterocycles. The largest absolute Gasteiger partial charge is 0.382 e. The molecule has 1 aromatic heterocycles. The third kappa shape index (κ3) is 7.41. The Kier molecular flexibility index (Phi) is 9.95. The van der Waals surface area contributed by atoms with Crippen LogP contribution in [0, 0.1) is 0 Å². The van der Waals surface area contributed by atoms with Gasteiger partial charge in [0.15, 0.2) is 0 Å². The first kappa shape index (κ1) is 25.4. The van der Waals surface area contributed by atoms with Crippen LogP contribution in [0.4, 0.5) is 0 Å². The minimum Gasteiger partial charge on any atom is -0.382 e. The summed E-state index contributed by atoms with van der Waals surface area (Å²) in [4.78, 5) is 29.9. The molecule has 2 amide bonds. The molecule has 1 atom stereocenters. The van der Waals surface area contributed by atoms with Gasteiger partial charge in [0.25, 0.3) is 0 Å². The number of hydrogen-bond donors (Lipinski definition) is 1. The van der Waals surface area contributed by atoms with E-state index in [-0.39, 0.29) is 17.9 Å². The molecule has 1 saturated carbocycles. The van der Waals surface area contributed by atoms with Crippen molar-refractivity contribution >= 4 is 23.2 Å². The van der Waals surface area contributed by atoms with Crippen LogP contribution in [0.15, 0.2) is 41.8 Å². The Hall–Kier alpha value is -2.18. The average molecular weight is 471 g/mol. The fraction of sp³-hybridized carbons (Fsp3) is 0.556.